The average molecular weight is 518 g/mol. The minimum absolute atomic E-state index is 0.122. The van der Waals surface area contributed by atoms with E-state index in [9.17, 15) is 28.7 Å². The Hall–Kier alpha value is -1.37. The van der Waals surface area contributed by atoms with Crippen molar-refractivity contribution in [1.82, 2.24) is 0 Å². The molecule has 0 aliphatic carbocycles. The van der Waals surface area contributed by atoms with E-state index < -0.39 is 31.7 Å². The molecule has 1 atom stereocenters. The van der Waals surface area contributed by atoms with Crippen LogP contribution in [0, 0.1) is 0 Å². The van der Waals surface area contributed by atoms with Crippen LogP contribution in [0.5, 0.6) is 5.75 Å². The van der Waals surface area contributed by atoms with Gasteiger partial charge in [-0.3, -0.25) is 9.13 Å². The van der Waals surface area contributed by atoms with E-state index in [4.69, 9.17) is 16.3 Å². The third-order valence-corrected chi connectivity index (χ3v) is 9.68. The van der Waals surface area contributed by atoms with Crippen molar-refractivity contribution in [2.75, 3.05) is 5.32 Å². The van der Waals surface area contributed by atoms with Crippen LogP contribution in [0.1, 0.15) is 58.2 Å². The molecule has 182 valence electrons. The zero-order valence-corrected chi connectivity index (χ0v) is 21.9. The lowest BCUT2D eigenvalue weighted by atomic mass is 9.80. The minimum atomic E-state index is -5.40. The molecule has 0 saturated heterocycles. The second-order valence-corrected chi connectivity index (χ2v) is 14.7. The molecule has 11 heteroatoms. The molecule has 0 radical (unpaired) electrons. The summed E-state index contributed by atoms with van der Waals surface area (Å²) in [6.07, 6.45) is 0. The maximum atomic E-state index is 12.5. The summed E-state index contributed by atoms with van der Waals surface area (Å²) in [7, 11) is -10.8. The molecule has 5 N–H and O–H groups in total. The molecular weight excluding hydrogens is 488 g/mol. The van der Waals surface area contributed by atoms with Crippen LogP contribution in [0.2, 0.25) is 5.02 Å². The summed E-state index contributed by atoms with van der Waals surface area (Å²) in [6, 6.07) is 9.55. The average Bonchev–Trinajstić information content (AvgIpc) is 2.96. The Labute approximate surface area is 198 Å². The van der Waals surface area contributed by atoms with Crippen molar-refractivity contribution in [2.24, 2.45) is 0 Å². The molecular formula is C22H30ClNO7P2. The van der Waals surface area contributed by atoms with Gasteiger partial charge < -0.3 is 29.6 Å². The minimum Gasteiger partial charge on any atom is -0.460 e. The molecule has 1 aliphatic rings. The van der Waals surface area contributed by atoms with Crippen molar-refractivity contribution in [3.63, 3.8) is 0 Å². The molecule has 8 nitrogen and oxygen atoms in total. The van der Waals surface area contributed by atoms with E-state index in [1.165, 1.54) is 24.3 Å². The first-order valence-corrected chi connectivity index (χ1v) is 14.0. The first kappa shape index (κ1) is 26.2. The first-order valence-electron chi connectivity index (χ1n) is 10.3. The predicted octanol–water partition coefficient (Wildman–Crippen LogP) is 5.27. The van der Waals surface area contributed by atoms with E-state index in [1.807, 2.05) is 47.6 Å². The van der Waals surface area contributed by atoms with E-state index >= 15 is 0 Å². The number of rotatable bonds is 4. The van der Waals surface area contributed by atoms with Gasteiger partial charge in [-0.25, -0.2) is 0 Å². The molecule has 0 spiro atoms. The van der Waals surface area contributed by atoms with Crippen LogP contribution in [-0.2, 0) is 25.7 Å². The monoisotopic (exact) mass is 517 g/mol. The van der Waals surface area contributed by atoms with E-state index in [0.29, 0.717) is 10.7 Å². The van der Waals surface area contributed by atoms with Crippen molar-refractivity contribution in [3.05, 3.63) is 58.1 Å². The van der Waals surface area contributed by atoms with Gasteiger partial charge in [-0.2, -0.15) is 0 Å². The zero-order chi connectivity index (χ0) is 25.2. The summed E-state index contributed by atoms with van der Waals surface area (Å²) in [5.41, 5.74) is -0.758. The third-order valence-electron chi connectivity index (χ3n) is 5.62. The molecule has 1 aliphatic heterocycles. The summed E-state index contributed by atoms with van der Waals surface area (Å²) in [6.45, 7) is 12.0. The molecule has 1 heterocycles. The molecule has 3 rings (SSSR count). The predicted molar refractivity (Wildman–Crippen MR) is 129 cm³/mol. The van der Waals surface area contributed by atoms with Crippen molar-refractivity contribution < 1.29 is 33.4 Å². The highest BCUT2D eigenvalue weighted by Crippen LogP contribution is 2.68. The summed E-state index contributed by atoms with van der Waals surface area (Å²) < 4.78 is 31.3. The highest BCUT2D eigenvalue weighted by molar-refractivity contribution is 7.71. The number of fused-ring (bicyclic) bond motifs is 1. The molecule has 0 bridgehead atoms. The smallest absolute Gasteiger partial charge is 0.347 e. The van der Waals surface area contributed by atoms with Crippen LogP contribution in [0.15, 0.2) is 36.4 Å². The fourth-order valence-corrected chi connectivity index (χ4v) is 7.15. The highest BCUT2D eigenvalue weighted by Gasteiger charge is 2.63. The van der Waals surface area contributed by atoms with Crippen LogP contribution >= 0.6 is 26.8 Å². The number of halogens is 1. The lowest BCUT2D eigenvalue weighted by Crippen LogP contribution is -2.48. The summed E-state index contributed by atoms with van der Waals surface area (Å²) in [5.74, 6) is 0.289. The van der Waals surface area contributed by atoms with Gasteiger partial charge in [0.25, 0.3) is 0 Å². The van der Waals surface area contributed by atoms with Gasteiger partial charge in [0.1, 0.15) is 5.75 Å². The van der Waals surface area contributed by atoms with Crippen molar-refractivity contribution in [3.8, 4) is 5.75 Å². The van der Waals surface area contributed by atoms with Gasteiger partial charge in [-0.1, -0.05) is 71.3 Å². The van der Waals surface area contributed by atoms with Crippen molar-refractivity contribution in [2.45, 2.75) is 63.5 Å². The number of ether oxygens (including phenoxy) is 1. The van der Waals surface area contributed by atoms with Gasteiger partial charge in [0.15, 0.2) is 0 Å². The van der Waals surface area contributed by atoms with Crippen molar-refractivity contribution >= 4 is 32.5 Å². The molecule has 0 saturated carbocycles. The molecule has 2 aromatic carbocycles. The Bertz CT molecular complexity index is 1140. The van der Waals surface area contributed by atoms with Crippen LogP contribution in [0.3, 0.4) is 0 Å². The molecule has 1 unspecified atom stereocenters. The van der Waals surface area contributed by atoms with E-state index in [-0.39, 0.29) is 16.7 Å². The maximum Gasteiger partial charge on any atom is 0.347 e. The van der Waals surface area contributed by atoms with Crippen LogP contribution in [0.4, 0.5) is 5.69 Å². The van der Waals surface area contributed by atoms with Crippen molar-refractivity contribution in [1.29, 1.82) is 0 Å². The highest BCUT2D eigenvalue weighted by atomic mass is 35.5. The largest absolute Gasteiger partial charge is 0.460 e. The molecule has 0 amide bonds. The Kier molecular flexibility index (Phi) is 6.44. The van der Waals surface area contributed by atoms with Gasteiger partial charge >= 0.3 is 15.2 Å². The van der Waals surface area contributed by atoms with Gasteiger partial charge in [0.2, 0.25) is 11.1 Å². The lowest BCUT2D eigenvalue weighted by Gasteiger charge is -2.37. The normalized spacial score (nSPS) is 19.3. The van der Waals surface area contributed by atoms with Gasteiger partial charge in [-0.15, -0.1) is 0 Å². The quantitative estimate of drug-likeness (QED) is 0.346. The number of nitrogens with one attached hydrogen (secondary N) is 1. The third kappa shape index (κ3) is 5.03. The second kappa shape index (κ2) is 8.10. The van der Waals surface area contributed by atoms with E-state index in [1.54, 1.807) is 6.07 Å². The van der Waals surface area contributed by atoms with Gasteiger partial charge in [0, 0.05) is 16.1 Å². The van der Waals surface area contributed by atoms with E-state index in [2.05, 4.69) is 5.32 Å². The van der Waals surface area contributed by atoms with Gasteiger partial charge in [-0.05, 0) is 34.6 Å². The topological polar surface area (TPSA) is 136 Å². The van der Waals surface area contributed by atoms with Crippen LogP contribution < -0.4 is 10.1 Å². The SMILES string of the molecule is CC(C)(C)c1cc2c(c(C(C)(C)C)c1)OC(c1ccc(Cl)cc1)(C(P(=O)(O)O)P(=O)(O)O)N2. The Morgan fingerprint density at radius 1 is 0.909 bits per heavy atom. The van der Waals surface area contributed by atoms with E-state index in [0.717, 1.165) is 11.1 Å². The molecule has 33 heavy (non-hydrogen) atoms. The number of hydrogen-bond acceptors (Lipinski definition) is 4. The van der Waals surface area contributed by atoms with Crippen LogP contribution in [0.25, 0.3) is 0 Å². The first-order chi connectivity index (χ1) is 14.8. The standard InChI is InChI=1S/C22H30ClNO7P2/c1-20(2,3)14-11-16(21(4,5)6)18-17(12-14)24-22(31-18,13-7-9-15(23)10-8-13)19(32(25,26)27)33(28,29)30/h7-12,19,24H,1-6H3,(H2,25,26,27)(H2,28,29,30). The fourth-order valence-electron chi connectivity index (χ4n) is 3.97. The molecule has 0 aromatic heterocycles. The zero-order valence-electron chi connectivity index (χ0n) is 19.3. The molecule has 0 fully saturated rings. The second-order valence-electron chi connectivity index (χ2n) is 10.4. The lowest BCUT2D eigenvalue weighted by molar-refractivity contribution is 0.112. The Balaban J connectivity index is 2.38. The number of benzene rings is 2. The fraction of sp³-hybridized carbons (Fsp3) is 0.455. The summed E-state index contributed by atoms with van der Waals surface area (Å²) in [5, 5.41) is 0.815. The number of anilines is 1. The maximum absolute atomic E-state index is 12.5. The molecule has 2 aromatic rings. The number of hydrogen-bond donors (Lipinski definition) is 5. The Morgan fingerprint density at radius 3 is 1.85 bits per heavy atom. The Morgan fingerprint density at radius 2 is 1.42 bits per heavy atom. The summed E-state index contributed by atoms with van der Waals surface area (Å²) in [4.78, 5) is 40.5. The van der Waals surface area contributed by atoms with Gasteiger partial charge in [0.05, 0.1) is 5.69 Å². The van der Waals surface area contributed by atoms with Crippen LogP contribution in [-0.4, -0.2) is 25.0 Å². The summed E-state index contributed by atoms with van der Waals surface area (Å²) >= 11 is 6.00.